The highest BCUT2D eigenvalue weighted by atomic mass is 19.1. The molecule has 0 saturated carbocycles. The van der Waals surface area contributed by atoms with Crippen LogP contribution in [0.3, 0.4) is 0 Å². The third-order valence-corrected chi connectivity index (χ3v) is 2.64. The molecule has 0 spiro atoms. The van der Waals surface area contributed by atoms with E-state index in [9.17, 15) is 13.6 Å². The summed E-state index contributed by atoms with van der Waals surface area (Å²) < 4.78 is 26.9. The summed E-state index contributed by atoms with van der Waals surface area (Å²) in [5.41, 5.74) is 0.433. The van der Waals surface area contributed by atoms with E-state index < -0.39 is 11.6 Å². The van der Waals surface area contributed by atoms with Crippen LogP contribution in [0, 0.1) is 24.5 Å². The van der Waals surface area contributed by atoms with Gasteiger partial charge in [0, 0.05) is 17.9 Å². The Labute approximate surface area is 94.5 Å². The van der Waals surface area contributed by atoms with Gasteiger partial charge in [-0.2, -0.15) is 0 Å². The standard InChI is InChI=1S/C13H16F2O/c1-8(2)12(16)7-5-10-11(14)6-4-9(3)13(10)15/h4,6,8H,5,7H2,1-3H3. The number of hydrogen-bond acceptors (Lipinski definition) is 1. The van der Waals surface area contributed by atoms with Crippen molar-refractivity contribution in [2.45, 2.75) is 33.6 Å². The quantitative estimate of drug-likeness (QED) is 0.768. The van der Waals surface area contributed by atoms with Crippen molar-refractivity contribution in [3.8, 4) is 0 Å². The summed E-state index contributed by atoms with van der Waals surface area (Å²) in [5, 5.41) is 0. The summed E-state index contributed by atoms with van der Waals surface area (Å²) in [6.07, 6.45) is 0.325. The van der Waals surface area contributed by atoms with Crippen molar-refractivity contribution in [2.24, 2.45) is 5.92 Å². The Kier molecular flexibility index (Phi) is 4.16. The minimum atomic E-state index is -0.570. The number of benzene rings is 1. The molecular formula is C13H16F2O. The van der Waals surface area contributed by atoms with Crippen molar-refractivity contribution in [1.82, 2.24) is 0 Å². The molecule has 0 aliphatic rings. The van der Waals surface area contributed by atoms with E-state index in [1.165, 1.54) is 12.1 Å². The summed E-state index contributed by atoms with van der Waals surface area (Å²) in [4.78, 5) is 11.4. The number of carbonyl (C=O) groups is 1. The Morgan fingerprint density at radius 1 is 1.31 bits per heavy atom. The van der Waals surface area contributed by atoms with E-state index in [4.69, 9.17) is 0 Å². The molecule has 16 heavy (non-hydrogen) atoms. The highest BCUT2D eigenvalue weighted by Gasteiger charge is 2.14. The number of hydrogen-bond donors (Lipinski definition) is 0. The van der Waals surface area contributed by atoms with Crippen molar-refractivity contribution in [3.63, 3.8) is 0 Å². The van der Waals surface area contributed by atoms with Gasteiger partial charge in [-0.1, -0.05) is 19.9 Å². The summed E-state index contributed by atoms with van der Waals surface area (Å²) in [7, 11) is 0. The van der Waals surface area contributed by atoms with Crippen LogP contribution in [-0.2, 0) is 11.2 Å². The first-order chi connectivity index (χ1) is 7.43. The van der Waals surface area contributed by atoms with E-state index in [2.05, 4.69) is 0 Å². The maximum absolute atomic E-state index is 13.6. The average molecular weight is 226 g/mol. The number of ketones is 1. The molecule has 0 bridgehead atoms. The Morgan fingerprint density at radius 2 is 1.94 bits per heavy atom. The average Bonchev–Trinajstić information content (AvgIpc) is 2.23. The van der Waals surface area contributed by atoms with E-state index in [-0.39, 0.29) is 30.1 Å². The largest absolute Gasteiger partial charge is 0.299 e. The van der Waals surface area contributed by atoms with E-state index in [0.29, 0.717) is 5.56 Å². The first-order valence-electron chi connectivity index (χ1n) is 5.39. The third kappa shape index (κ3) is 2.87. The van der Waals surface area contributed by atoms with E-state index in [1.807, 2.05) is 0 Å². The number of carbonyl (C=O) groups excluding carboxylic acids is 1. The molecule has 0 saturated heterocycles. The lowest BCUT2D eigenvalue weighted by Crippen LogP contribution is -2.09. The van der Waals surface area contributed by atoms with Crippen LogP contribution in [0.5, 0.6) is 0 Å². The highest BCUT2D eigenvalue weighted by Crippen LogP contribution is 2.18. The topological polar surface area (TPSA) is 17.1 Å². The summed E-state index contributed by atoms with van der Waals surface area (Å²) in [6, 6.07) is 2.64. The van der Waals surface area contributed by atoms with Crippen molar-refractivity contribution in [3.05, 3.63) is 34.9 Å². The molecule has 1 aromatic carbocycles. The molecule has 0 aromatic heterocycles. The zero-order valence-electron chi connectivity index (χ0n) is 9.81. The predicted molar refractivity (Wildman–Crippen MR) is 59.3 cm³/mol. The molecular weight excluding hydrogens is 210 g/mol. The molecule has 88 valence electrons. The molecule has 0 aliphatic carbocycles. The first-order valence-corrected chi connectivity index (χ1v) is 5.39. The molecule has 0 atom stereocenters. The lowest BCUT2D eigenvalue weighted by atomic mass is 9.99. The maximum atomic E-state index is 13.6. The summed E-state index contributed by atoms with van der Waals surface area (Å²) in [5.74, 6) is -1.16. The zero-order valence-corrected chi connectivity index (χ0v) is 9.81. The number of halogens is 2. The van der Waals surface area contributed by atoms with Gasteiger partial charge in [-0.3, -0.25) is 4.79 Å². The van der Waals surface area contributed by atoms with Gasteiger partial charge in [0.15, 0.2) is 0 Å². The van der Waals surface area contributed by atoms with Crippen molar-refractivity contribution >= 4 is 5.78 Å². The van der Waals surface area contributed by atoms with Crippen LogP contribution in [0.4, 0.5) is 8.78 Å². The monoisotopic (exact) mass is 226 g/mol. The van der Waals surface area contributed by atoms with Gasteiger partial charge in [-0.05, 0) is 25.0 Å². The van der Waals surface area contributed by atoms with Gasteiger partial charge in [-0.15, -0.1) is 0 Å². The van der Waals surface area contributed by atoms with E-state index >= 15 is 0 Å². The van der Waals surface area contributed by atoms with E-state index in [1.54, 1.807) is 20.8 Å². The minimum absolute atomic E-state index is 0.0222. The maximum Gasteiger partial charge on any atom is 0.135 e. The Bertz CT molecular complexity index is 397. The van der Waals surface area contributed by atoms with Crippen LogP contribution >= 0.6 is 0 Å². The van der Waals surface area contributed by atoms with Crippen LogP contribution in [0.2, 0.25) is 0 Å². The zero-order chi connectivity index (χ0) is 12.3. The van der Waals surface area contributed by atoms with Gasteiger partial charge in [0.05, 0.1) is 0 Å². The molecule has 0 unspecified atom stereocenters. The molecule has 0 radical (unpaired) electrons. The summed E-state index contributed by atoms with van der Waals surface area (Å²) in [6.45, 7) is 5.15. The molecule has 3 heteroatoms. The van der Waals surface area contributed by atoms with E-state index in [0.717, 1.165) is 0 Å². The molecule has 1 rings (SSSR count). The Hall–Kier alpha value is -1.25. The van der Waals surface area contributed by atoms with Gasteiger partial charge in [0.2, 0.25) is 0 Å². The summed E-state index contributed by atoms with van der Waals surface area (Å²) >= 11 is 0. The SMILES string of the molecule is Cc1ccc(F)c(CCC(=O)C(C)C)c1F. The van der Waals surface area contributed by atoms with Gasteiger partial charge < -0.3 is 0 Å². The van der Waals surface area contributed by atoms with Gasteiger partial charge in [-0.25, -0.2) is 8.78 Å². The third-order valence-electron chi connectivity index (χ3n) is 2.64. The number of aryl methyl sites for hydroxylation is 1. The molecule has 0 N–H and O–H groups in total. The fourth-order valence-electron chi connectivity index (χ4n) is 1.48. The predicted octanol–water partition coefficient (Wildman–Crippen LogP) is 3.43. The molecule has 0 amide bonds. The normalized spacial score (nSPS) is 10.9. The molecule has 0 fully saturated rings. The smallest absolute Gasteiger partial charge is 0.135 e. The lowest BCUT2D eigenvalue weighted by Gasteiger charge is -2.08. The Morgan fingerprint density at radius 3 is 2.50 bits per heavy atom. The molecule has 1 nitrogen and oxygen atoms in total. The molecule has 0 heterocycles. The van der Waals surface area contributed by atoms with Crippen molar-refractivity contribution in [2.75, 3.05) is 0 Å². The van der Waals surface area contributed by atoms with Crippen LogP contribution < -0.4 is 0 Å². The fraction of sp³-hybridized carbons (Fsp3) is 0.462. The highest BCUT2D eigenvalue weighted by molar-refractivity contribution is 5.80. The van der Waals surface area contributed by atoms with Gasteiger partial charge >= 0.3 is 0 Å². The molecule has 0 aliphatic heterocycles. The second-order valence-electron chi connectivity index (χ2n) is 4.28. The number of Topliss-reactive ketones (excluding diaryl/α,β-unsaturated/α-hetero) is 1. The number of rotatable bonds is 4. The minimum Gasteiger partial charge on any atom is -0.299 e. The fourth-order valence-corrected chi connectivity index (χ4v) is 1.48. The Balaban J connectivity index is 2.82. The van der Waals surface area contributed by atoms with Gasteiger partial charge in [0.25, 0.3) is 0 Å². The van der Waals surface area contributed by atoms with Crippen molar-refractivity contribution in [1.29, 1.82) is 0 Å². The first kappa shape index (κ1) is 12.8. The second-order valence-corrected chi connectivity index (χ2v) is 4.28. The lowest BCUT2D eigenvalue weighted by molar-refractivity contribution is -0.121. The van der Waals surface area contributed by atoms with Gasteiger partial charge in [0.1, 0.15) is 17.4 Å². The van der Waals surface area contributed by atoms with Crippen molar-refractivity contribution < 1.29 is 13.6 Å². The molecule has 1 aromatic rings. The van der Waals surface area contributed by atoms with Crippen LogP contribution in [0.15, 0.2) is 12.1 Å². The van der Waals surface area contributed by atoms with Crippen LogP contribution in [-0.4, -0.2) is 5.78 Å². The second kappa shape index (κ2) is 5.19. The van der Waals surface area contributed by atoms with Crippen LogP contribution in [0.1, 0.15) is 31.4 Å². The van der Waals surface area contributed by atoms with Crippen LogP contribution in [0.25, 0.3) is 0 Å².